The van der Waals surface area contributed by atoms with E-state index in [9.17, 15) is 0 Å². The van der Waals surface area contributed by atoms with E-state index in [1.165, 1.54) is 78.0 Å². The smallest absolute Gasteiger partial charge is 0.512 e. The monoisotopic (exact) mass is 486 g/mol. The molecule has 1 rings (SSSR count). The third kappa shape index (κ3) is 81.2. The van der Waals surface area contributed by atoms with Crippen molar-refractivity contribution in [2.24, 2.45) is 0 Å². The second kappa shape index (κ2) is 90.9. The van der Waals surface area contributed by atoms with Gasteiger partial charge in [-0.25, -0.2) is 0 Å². The fraction of sp³-hybridized carbons (Fsp3) is 0.667. The SMILES string of the molecule is C1C[NH2+]CCC[NH2+]CCC[NH2+]CCC[NH2+]C1.[C-]#N.[C-]#N.[C-]#N.[C-]#N.[C-]#N.[C-]#N.[Co].[K+]. The number of quaternary nitrogens is 4. The number of nitrogens with two attached hydrogens (primary N) is 4. The largest absolute Gasteiger partial charge is 1.00 e. The number of nitrogens with zero attached hydrogens (tertiary/aromatic N) is 6. The van der Waals surface area contributed by atoms with E-state index >= 15 is 0 Å². The van der Waals surface area contributed by atoms with E-state index in [1.54, 1.807) is 0 Å². The quantitative estimate of drug-likeness (QED) is 0.193. The van der Waals surface area contributed by atoms with Crippen LogP contribution in [-0.2, 0) is 16.8 Å². The molecule has 0 atom stereocenters. The van der Waals surface area contributed by atoms with Crippen molar-refractivity contribution < 1.29 is 89.4 Å². The summed E-state index contributed by atoms with van der Waals surface area (Å²) in [6, 6.07) is 0. The van der Waals surface area contributed by atoms with Crippen molar-refractivity contribution >= 4 is 0 Å². The van der Waals surface area contributed by atoms with Gasteiger partial charge in [0, 0.05) is 42.5 Å². The molecular weight excluding hydrogens is 454 g/mol. The Bertz CT molecular complexity index is 246. The third-order valence-electron chi connectivity index (χ3n) is 3.27. The Morgan fingerprint density at radius 3 is 0.533 bits per heavy atom. The molecule has 10 nitrogen and oxygen atoms in total. The molecule has 1 aliphatic heterocycles. The minimum Gasteiger partial charge on any atom is -0.512 e. The van der Waals surface area contributed by atoms with Crippen LogP contribution in [-0.4, -0.2) is 52.4 Å². The minimum atomic E-state index is 0. The molecule has 8 N–H and O–H groups in total. The van der Waals surface area contributed by atoms with Gasteiger partial charge >= 0.3 is 51.4 Å². The van der Waals surface area contributed by atoms with E-state index in [2.05, 4.69) is 21.3 Å². The van der Waals surface area contributed by atoms with Crippen molar-refractivity contribution in [1.29, 1.82) is 31.6 Å². The molecule has 1 fully saturated rings. The molecular formula is C18H32CoKN10-. The topological polar surface area (TPSA) is 209 Å². The summed E-state index contributed by atoms with van der Waals surface area (Å²) in [5.41, 5.74) is 0. The first kappa shape index (κ1) is 51.5. The van der Waals surface area contributed by atoms with Gasteiger partial charge in [-0.05, 0) is 0 Å². The van der Waals surface area contributed by atoms with E-state index in [-0.39, 0.29) is 68.2 Å². The van der Waals surface area contributed by atoms with Crippen LogP contribution in [0.25, 0.3) is 0 Å². The van der Waals surface area contributed by atoms with Crippen molar-refractivity contribution in [3.8, 4) is 0 Å². The molecule has 1 heterocycles. The van der Waals surface area contributed by atoms with Gasteiger partial charge in [0.15, 0.2) is 0 Å². The van der Waals surface area contributed by atoms with Crippen molar-refractivity contribution in [3.63, 3.8) is 0 Å². The van der Waals surface area contributed by atoms with E-state index in [0.29, 0.717) is 0 Å². The summed E-state index contributed by atoms with van der Waals surface area (Å²) in [4.78, 5) is 0. The van der Waals surface area contributed by atoms with Crippen LogP contribution in [0, 0.1) is 71.0 Å². The van der Waals surface area contributed by atoms with Crippen LogP contribution in [0.2, 0.25) is 0 Å². The van der Waals surface area contributed by atoms with Gasteiger partial charge in [0.05, 0.1) is 52.4 Å². The zero-order chi connectivity index (χ0) is 23.3. The normalized spacial score (nSPS) is 13.2. The number of hydrogen-bond donors (Lipinski definition) is 4. The molecule has 0 bridgehead atoms. The predicted molar refractivity (Wildman–Crippen MR) is 94.9 cm³/mol. The maximum Gasteiger partial charge on any atom is 1.00 e. The molecule has 0 aromatic carbocycles. The van der Waals surface area contributed by atoms with Gasteiger partial charge in [-0.3, -0.25) is 0 Å². The van der Waals surface area contributed by atoms with Gasteiger partial charge in [-0.2, -0.15) is 0 Å². The van der Waals surface area contributed by atoms with Gasteiger partial charge in [0.2, 0.25) is 0 Å². The second-order valence-electron chi connectivity index (χ2n) is 4.88. The minimum absolute atomic E-state index is 0. The van der Waals surface area contributed by atoms with Gasteiger partial charge in [0.1, 0.15) is 0 Å². The van der Waals surface area contributed by atoms with Crippen LogP contribution in [0.1, 0.15) is 25.7 Å². The first-order valence-electron chi connectivity index (χ1n) is 8.61. The summed E-state index contributed by atoms with van der Waals surface area (Å²) in [6.07, 6.45) is 5.47. The average molecular weight is 487 g/mol. The van der Waals surface area contributed by atoms with Crippen LogP contribution in [0.5, 0.6) is 0 Å². The zero-order valence-corrected chi connectivity index (χ0v) is 22.0. The molecule has 0 spiro atoms. The van der Waals surface area contributed by atoms with Crippen LogP contribution >= 0.6 is 0 Å². The van der Waals surface area contributed by atoms with Crippen molar-refractivity contribution in [3.05, 3.63) is 39.4 Å². The van der Waals surface area contributed by atoms with Crippen molar-refractivity contribution in [1.82, 2.24) is 0 Å². The summed E-state index contributed by atoms with van der Waals surface area (Å²) >= 11 is 0. The summed E-state index contributed by atoms with van der Waals surface area (Å²) in [6.45, 7) is 39.1. The molecule has 0 aromatic heterocycles. The maximum atomic E-state index is 6.25. The maximum absolute atomic E-state index is 6.25. The summed E-state index contributed by atoms with van der Waals surface area (Å²) in [5, 5.41) is 47.4. The van der Waals surface area contributed by atoms with Crippen molar-refractivity contribution in [2.75, 3.05) is 52.4 Å². The summed E-state index contributed by atoms with van der Waals surface area (Å²) in [7, 11) is 0. The molecule has 0 saturated carbocycles. The van der Waals surface area contributed by atoms with Crippen LogP contribution in [0.4, 0.5) is 0 Å². The standard InChI is InChI=1S/C12H28N4.6CN.Co.K/c1-5-13-7-2-9-15-11-4-12-16-10-3-8-14-6-1;6*1-2;;/h13-16H,1-12H2;;;;;;;;/q;6*-1;;+1/p+4. The Hall–Kier alpha value is -1.08. The van der Waals surface area contributed by atoms with E-state index in [4.69, 9.17) is 71.0 Å². The van der Waals surface area contributed by atoms with Gasteiger partial charge in [-0.1, -0.05) is 0 Å². The van der Waals surface area contributed by atoms with Crippen molar-refractivity contribution in [2.45, 2.75) is 25.7 Å². The molecule has 1 radical (unpaired) electrons. The first-order valence-corrected chi connectivity index (χ1v) is 8.61. The van der Waals surface area contributed by atoms with Crippen LogP contribution < -0.4 is 72.7 Å². The molecule has 0 aliphatic carbocycles. The number of rotatable bonds is 0. The Labute approximate surface area is 236 Å². The molecule has 0 amide bonds. The summed E-state index contributed by atoms with van der Waals surface area (Å²) < 4.78 is 0. The first-order chi connectivity index (χ1) is 14.0. The van der Waals surface area contributed by atoms with E-state index < -0.39 is 0 Å². The number of hydrogen-bond acceptors (Lipinski definition) is 6. The summed E-state index contributed by atoms with van der Waals surface area (Å²) in [5.74, 6) is 0. The van der Waals surface area contributed by atoms with E-state index in [1.807, 2.05) is 0 Å². The molecule has 30 heavy (non-hydrogen) atoms. The van der Waals surface area contributed by atoms with Crippen LogP contribution in [0.3, 0.4) is 0 Å². The molecule has 0 unspecified atom stereocenters. The second-order valence-corrected chi connectivity index (χ2v) is 4.88. The molecule has 12 heteroatoms. The average Bonchev–Trinajstić information content (AvgIpc) is 2.82. The Morgan fingerprint density at radius 1 is 0.333 bits per heavy atom. The zero-order valence-electron chi connectivity index (χ0n) is 17.8. The molecule has 1 aliphatic rings. The fourth-order valence-corrected chi connectivity index (χ4v) is 2.20. The van der Waals surface area contributed by atoms with Crippen LogP contribution in [0.15, 0.2) is 0 Å². The Morgan fingerprint density at radius 2 is 0.433 bits per heavy atom. The Balaban J connectivity index is -0.0000000498. The molecule has 0 aromatic rings. The fourth-order valence-electron chi connectivity index (χ4n) is 2.20. The van der Waals surface area contributed by atoms with E-state index in [0.717, 1.165) is 0 Å². The third-order valence-corrected chi connectivity index (χ3v) is 3.27. The Kier molecular flexibility index (Phi) is 156. The predicted octanol–water partition coefficient (Wildman–Crippen LogP) is -6.61. The van der Waals surface area contributed by atoms with Gasteiger partial charge < -0.3 is 92.3 Å². The molecule has 165 valence electrons. The van der Waals surface area contributed by atoms with Gasteiger partial charge in [-0.15, -0.1) is 0 Å². The molecule has 1 saturated heterocycles. The van der Waals surface area contributed by atoms with Gasteiger partial charge in [0.25, 0.3) is 0 Å².